The molecule has 1 heterocycles. The molecule has 1 aliphatic heterocycles. The molecule has 2 rings (SSSR count). The smallest absolute Gasteiger partial charge is 0.303 e. The molecule has 15 heavy (non-hydrogen) atoms. The molecule has 0 aromatic heterocycles. The maximum absolute atomic E-state index is 11.5. The highest BCUT2D eigenvalue weighted by Gasteiger charge is 2.50. The van der Waals surface area contributed by atoms with E-state index in [1.54, 1.807) is 0 Å². The van der Waals surface area contributed by atoms with Crippen molar-refractivity contribution in [1.82, 2.24) is 0 Å². The van der Waals surface area contributed by atoms with Crippen LogP contribution in [-0.2, 0) is 14.6 Å². The maximum Gasteiger partial charge on any atom is 0.303 e. The second kappa shape index (κ2) is 3.47. The third-order valence-electron chi connectivity index (χ3n) is 3.93. The van der Waals surface area contributed by atoms with Crippen molar-refractivity contribution < 1.29 is 18.3 Å². The second-order valence-electron chi connectivity index (χ2n) is 4.89. The molecule has 2 unspecified atom stereocenters. The van der Waals surface area contributed by atoms with Crippen molar-refractivity contribution in [1.29, 1.82) is 0 Å². The Hall–Kier alpha value is -0.580. The van der Waals surface area contributed by atoms with Gasteiger partial charge >= 0.3 is 5.97 Å². The SMILES string of the molecule is O=C(O)CC1CCCC12CCS(=O)(=O)C2. The van der Waals surface area contributed by atoms with Crippen LogP contribution in [0.4, 0.5) is 0 Å². The van der Waals surface area contributed by atoms with Crippen LogP contribution >= 0.6 is 0 Å². The van der Waals surface area contributed by atoms with Crippen LogP contribution in [0, 0.1) is 11.3 Å². The number of aliphatic carboxylic acids is 1. The fraction of sp³-hybridized carbons (Fsp3) is 0.900. The Kier molecular flexibility index (Phi) is 2.53. The van der Waals surface area contributed by atoms with Crippen LogP contribution in [0.3, 0.4) is 0 Å². The van der Waals surface area contributed by atoms with Crippen molar-refractivity contribution >= 4 is 15.8 Å². The van der Waals surface area contributed by atoms with Gasteiger partial charge in [0.1, 0.15) is 0 Å². The predicted octanol–water partition coefficient (Wildman–Crippen LogP) is 1.07. The van der Waals surface area contributed by atoms with Gasteiger partial charge in [0.05, 0.1) is 11.5 Å². The standard InChI is InChI=1S/C10H16O4S/c11-9(12)6-8-2-1-3-10(8)4-5-15(13,14)7-10/h8H,1-7H2,(H,11,12). The van der Waals surface area contributed by atoms with Gasteiger partial charge < -0.3 is 5.11 Å². The largest absolute Gasteiger partial charge is 0.481 e. The average molecular weight is 232 g/mol. The molecule has 4 nitrogen and oxygen atoms in total. The van der Waals surface area contributed by atoms with Crippen molar-refractivity contribution in [2.45, 2.75) is 32.1 Å². The Balaban J connectivity index is 2.17. The molecule has 0 bridgehead atoms. The van der Waals surface area contributed by atoms with Crippen molar-refractivity contribution in [2.75, 3.05) is 11.5 Å². The lowest BCUT2D eigenvalue weighted by Crippen LogP contribution is -2.28. The fourth-order valence-electron chi connectivity index (χ4n) is 3.20. The molecule has 2 atom stereocenters. The molecule has 1 saturated heterocycles. The van der Waals surface area contributed by atoms with Crippen LogP contribution in [0.15, 0.2) is 0 Å². The Morgan fingerprint density at radius 2 is 2.13 bits per heavy atom. The summed E-state index contributed by atoms with van der Waals surface area (Å²) in [6, 6.07) is 0. The van der Waals surface area contributed by atoms with Crippen molar-refractivity contribution in [3.63, 3.8) is 0 Å². The molecule has 1 N–H and O–H groups in total. The Morgan fingerprint density at radius 3 is 2.67 bits per heavy atom. The monoisotopic (exact) mass is 232 g/mol. The quantitative estimate of drug-likeness (QED) is 0.773. The van der Waals surface area contributed by atoms with Crippen LogP contribution in [-0.4, -0.2) is 31.0 Å². The van der Waals surface area contributed by atoms with Crippen LogP contribution in [0.5, 0.6) is 0 Å². The Bertz CT molecular complexity index is 373. The first kappa shape index (κ1) is 10.9. The third-order valence-corrected chi connectivity index (χ3v) is 5.77. The number of carboxylic acid groups (broad SMARTS) is 1. The highest BCUT2D eigenvalue weighted by molar-refractivity contribution is 7.91. The molecule has 0 radical (unpaired) electrons. The minimum absolute atomic E-state index is 0.0762. The first-order valence-corrected chi connectivity index (χ1v) is 7.18. The van der Waals surface area contributed by atoms with E-state index in [1.165, 1.54) is 0 Å². The predicted molar refractivity (Wildman–Crippen MR) is 55.3 cm³/mol. The summed E-state index contributed by atoms with van der Waals surface area (Å²) in [5.41, 5.74) is -0.197. The molecule has 1 saturated carbocycles. The van der Waals surface area contributed by atoms with E-state index >= 15 is 0 Å². The summed E-state index contributed by atoms with van der Waals surface area (Å²) in [6.45, 7) is 0. The van der Waals surface area contributed by atoms with Crippen LogP contribution in [0.1, 0.15) is 32.1 Å². The van der Waals surface area contributed by atoms with E-state index in [0.29, 0.717) is 6.42 Å². The summed E-state index contributed by atoms with van der Waals surface area (Å²) in [4.78, 5) is 10.7. The molecule has 0 aromatic carbocycles. The molecule has 2 aliphatic rings. The van der Waals surface area contributed by atoms with Crippen molar-refractivity contribution in [3.05, 3.63) is 0 Å². The topological polar surface area (TPSA) is 71.4 Å². The van der Waals surface area contributed by atoms with Gasteiger partial charge in [-0.05, 0) is 30.6 Å². The van der Waals surface area contributed by atoms with Crippen LogP contribution < -0.4 is 0 Å². The normalized spacial score (nSPS) is 38.5. The number of rotatable bonds is 2. The highest BCUT2D eigenvalue weighted by Crippen LogP contribution is 2.51. The van der Waals surface area contributed by atoms with Crippen LogP contribution in [0.2, 0.25) is 0 Å². The average Bonchev–Trinajstić information content (AvgIpc) is 2.58. The van der Waals surface area contributed by atoms with Gasteiger partial charge in [-0.1, -0.05) is 6.42 Å². The molecule has 0 aromatic rings. The summed E-state index contributed by atoms with van der Waals surface area (Å²) >= 11 is 0. The molecular weight excluding hydrogens is 216 g/mol. The molecule has 86 valence electrons. The Labute approximate surface area is 89.6 Å². The number of carboxylic acids is 1. The van der Waals surface area contributed by atoms with Gasteiger partial charge in [0.25, 0.3) is 0 Å². The van der Waals surface area contributed by atoms with Gasteiger partial charge in [0, 0.05) is 6.42 Å². The molecule has 1 aliphatic carbocycles. The van der Waals surface area contributed by atoms with E-state index in [9.17, 15) is 13.2 Å². The zero-order valence-electron chi connectivity index (χ0n) is 8.61. The molecule has 2 fully saturated rings. The number of carbonyl (C=O) groups is 1. The highest BCUT2D eigenvalue weighted by atomic mass is 32.2. The van der Waals surface area contributed by atoms with Crippen LogP contribution in [0.25, 0.3) is 0 Å². The first-order valence-electron chi connectivity index (χ1n) is 5.36. The zero-order chi connectivity index (χ0) is 11.1. The lowest BCUT2D eigenvalue weighted by Gasteiger charge is -2.28. The fourth-order valence-corrected chi connectivity index (χ4v) is 5.46. The second-order valence-corrected chi connectivity index (χ2v) is 7.08. The summed E-state index contributed by atoms with van der Waals surface area (Å²) in [5.74, 6) is -0.251. The van der Waals surface area contributed by atoms with E-state index in [-0.39, 0.29) is 29.3 Å². The molecule has 1 spiro atoms. The lowest BCUT2D eigenvalue weighted by atomic mass is 9.76. The summed E-state index contributed by atoms with van der Waals surface area (Å²) in [5, 5.41) is 8.80. The Morgan fingerprint density at radius 1 is 1.40 bits per heavy atom. The molecule has 0 amide bonds. The first-order chi connectivity index (χ1) is 6.94. The lowest BCUT2D eigenvalue weighted by molar-refractivity contribution is -0.138. The van der Waals surface area contributed by atoms with Crippen molar-refractivity contribution in [3.8, 4) is 0 Å². The minimum Gasteiger partial charge on any atom is -0.481 e. The maximum atomic E-state index is 11.5. The van der Waals surface area contributed by atoms with E-state index in [4.69, 9.17) is 5.11 Å². The number of sulfone groups is 1. The number of hydrogen-bond acceptors (Lipinski definition) is 3. The van der Waals surface area contributed by atoms with Gasteiger partial charge in [-0.3, -0.25) is 4.79 Å². The minimum atomic E-state index is -2.90. The van der Waals surface area contributed by atoms with E-state index < -0.39 is 15.8 Å². The molecular formula is C10H16O4S. The van der Waals surface area contributed by atoms with Gasteiger partial charge in [0.2, 0.25) is 0 Å². The van der Waals surface area contributed by atoms with Gasteiger partial charge in [-0.25, -0.2) is 8.42 Å². The van der Waals surface area contributed by atoms with Gasteiger partial charge in [-0.2, -0.15) is 0 Å². The summed E-state index contributed by atoms with van der Waals surface area (Å²) in [6.07, 6.45) is 3.56. The van der Waals surface area contributed by atoms with Gasteiger partial charge in [-0.15, -0.1) is 0 Å². The summed E-state index contributed by atoms with van der Waals surface area (Å²) in [7, 11) is -2.90. The van der Waals surface area contributed by atoms with Gasteiger partial charge in [0.15, 0.2) is 9.84 Å². The molecule has 5 heteroatoms. The summed E-state index contributed by atoms with van der Waals surface area (Å²) < 4.78 is 23.0. The zero-order valence-corrected chi connectivity index (χ0v) is 9.42. The van der Waals surface area contributed by atoms with E-state index in [2.05, 4.69) is 0 Å². The number of hydrogen-bond donors (Lipinski definition) is 1. The van der Waals surface area contributed by atoms with E-state index in [0.717, 1.165) is 19.3 Å². The van der Waals surface area contributed by atoms with Crippen molar-refractivity contribution in [2.24, 2.45) is 11.3 Å². The third kappa shape index (κ3) is 2.02. The van der Waals surface area contributed by atoms with E-state index in [1.807, 2.05) is 0 Å².